The van der Waals surface area contributed by atoms with Gasteiger partial charge in [-0.2, -0.15) is 0 Å². The molecule has 0 aliphatic carbocycles. The van der Waals surface area contributed by atoms with Gasteiger partial charge in [-0.3, -0.25) is 14.6 Å². The fourth-order valence-electron chi connectivity index (χ4n) is 2.35. The number of aromatic hydroxyl groups is 1. The van der Waals surface area contributed by atoms with Crippen molar-refractivity contribution < 1.29 is 14.7 Å². The highest BCUT2D eigenvalue weighted by Crippen LogP contribution is 2.31. The van der Waals surface area contributed by atoms with Crippen molar-refractivity contribution >= 4 is 11.8 Å². The topological polar surface area (TPSA) is 82.5 Å². The molecule has 0 bridgehead atoms. The number of nitrogens with zero attached hydrogens (tertiary/aromatic N) is 2. The molecule has 0 radical (unpaired) electrons. The number of carbonyl (C=O) groups excluding carboxylic acids is 2. The molecule has 2 amide bonds. The van der Waals surface area contributed by atoms with E-state index in [4.69, 9.17) is 0 Å². The second kappa shape index (κ2) is 4.87. The Bertz CT molecular complexity index is 518. The first-order valence-electron chi connectivity index (χ1n) is 6.12. The number of amides is 2. The molecule has 0 aromatic carbocycles. The molecular formula is C13H17N3O3. The van der Waals surface area contributed by atoms with Crippen molar-refractivity contribution in [3.63, 3.8) is 0 Å². The summed E-state index contributed by atoms with van der Waals surface area (Å²) in [5, 5.41) is 12.0. The normalized spacial score (nSPS) is 22.3. The van der Waals surface area contributed by atoms with Crippen molar-refractivity contribution in [2.75, 3.05) is 20.1 Å². The van der Waals surface area contributed by atoms with Crippen LogP contribution < -0.4 is 5.32 Å². The van der Waals surface area contributed by atoms with Gasteiger partial charge >= 0.3 is 0 Å². The van der Waals surface area contributed by atoms with Gasteiger partial charge in [0.25, 0.3) is 5.91 Å². The highest BCUT2D eigenvalue weighted by molar-refractivity contribution is 5.95. The predicted octanol–water partition coefficient (Wildman–Crippen LogP) is 0.385. The number of pyridine rings is 1. The third-order valence-corrected chi connectivity index (χ3v) is 3.51. The molecule has 0 spiro atoms. The maximum atomic E-state index is 12.2. The molecule has 102 valence electrons. The summed E-state index contributed by atoms with van der Waals surface area (Å²) in [6, 6.07) is 1.38. The second-order valence-electron chi connectivity index (χ2n) is 5.05. The molecule has 1 fully saturated rings. The summed E-state index contributed by atoms with van der Waals surface area (Å²) >= 11 is 0. The molecule has 2 rings (SSSR count). The average Bonchev–Trinajstić information content (AvgIpc) is 2.81. The van der Waals surface area contributed by atoms with Crippen molar-refractivity contribution in [3.05, 3.63) is 24.0 Å². The Hall–Kier alpha value is -2.11. The van der Waals surface area contributed by atoms with Crippen LogP contribution in [0.25, 0.3) is 0 Å². The number of hydrogen-bond donors (Lipinski definition) is 2. The van der Waals surface area contributed by atoms with Gasteiger partial charge in [0.05, 0.1) is 17.2 Å². The van der Waals surface area contributed by atoms with Crippen LogP contribution in [0.2, 0.25) is 0 Å². The smallest absolute Gasteiger partial charge is 0.255 e. The summed E-state index contributed by atoms with van der Waals surface area (Å²) in [4.78, 5) is 29.4. The van der Waals surface area contributed by atoms with Gasteiger partial charge in [-0.15, -0.1) is 0 Å². The standard InChI is InChI=1S/C13H17N3O3/c1-13(12(19)14-2)3-4-16(8-13)11(18)9-5-10(17)7-15-6-9/h5-7,17H,3-4,8H2,1-2H3,(H,14,19). The second-order valence-corrected chi connectivity index (χ2v) is 5.05. The first-order valence-corrected chi connectivity index (χ1v) is 6.12. The lowest BCUT2D eigenvalue weighted by Crippen LogP contribution is -2.40. The van der Waals surface area contributed by atoms with Gasteiger partial charge in [0.1, 0.15) is 5.75 Å². The minimum Gasteiger partial charge on any atom is -0.506 e. The molecule has 6 heteroatoms. The van der Waals surface area contributed by atoms with Gasteiger partial charge in [-0.25, -0.2) is 0 Å². The van der Waals surface area contributed by atoms with Crippen LogP contribution in [0.5, 0.6) is 5.75 Å². The van der Waals surface area contributed by atoms with Gasteiger partial charge in [-0.05, 0) is 19.4 Å². The molecule has 0 saturated carbocycles. The zero-order chi connectivity index (χ0) is 14.0. The maximum Gasteiger partial charge on any atom is 0.255 e. The SMILES string of the molecule is CNC(=O)C1(C)CCN(C(=O)c2cncc(O)c2)C1. The first kappa shape index (κ1) is 13.3. The molecular weight excluding hydrogens is 246 g/mol. The Morgan fingerprint density at radius 1 is 1.47 bits per heavy atom. The number of likely N-dealkylation sites (tertiary alicyclic amines) is 1. The van der Waals surface area contributed by atoms with Crippen LogP contribution in [0, 0.1) is 5.41 Å². The van der Waals surface area contributed by atoms with E-state index in [1.54, 1.807) is 11.9 Å². The van der Waals surface area contributed by atoms with Crippen molar-refractivity contribution in [2.24, 2.45) is 5.41 Å². The molecule has 19 heavy (non-hydrogen) atoms. The fourth-order valence-corrected chi connectivity index (χ4v) is 2.35. The summed E-state index contributed by atoms with van der Waals surface area (Å²) in [7, 11) is 1.59. The number of hydrogen-bond acceptors (Lipinski definition) is 4. The highest BCUT2D eigenvalue weighted by atomic mass is 16.3. The first-order chi connectivity index (χ1) is 8.96. The van der Waals surface area contributed by atoms with Crippen LogP contribution >= 0.6 is 0 Å². The van der Waals surface area contributed by atoms with E-state index in [0.29, 0.717) is 25.1 Å². The van der Waals surface area contributed by atoms with E-state index >= 15 is 0 Å². The van der Waals surface area contributed by atoms with Crippen molar-refractivity contribution in [1.29, 1.82) is 0 Å². The van der Waals surface area contributed by atoms with Gasteiger partial charge in [0, 0.05) is 26.3 Å². The van der Waals surface area contributed by atoms with Crippen molar-refractivity contribution in [1.82, 2.24) is 15.2 Å². The number of aromatic nitrogens is 1. The Morgan fingerprint density at radius 2 is 2.21 bits per heavy atom. The monoisotopic (exact) mass is 263 g/mol. The number of nitrogens with one attached hydrogen (secondary N) is 1. The van der Waals surface area contributed by atoms with Gasteiger partial charge in [0.2, 0.25) is 5.91 Å². The predicted molar refractivity (Wildman–Crippen MR) is 68.6 cm³/mol. The van der Waals surface area contributed by atoms with Crippen molar-refractivity contribution in [2.45, 2.75) is 13.3 Å². The molecule has 1 atom stereocenters. The average molecular weight is 263 g/mol. The summed E-state index contributed by atoms with van der Waals surface area (Å²) in [6.45, 7) is 2.75. The molecule has 6 nitrogen and oxygen atoms in total. The third-order valence-electron chi connectivity index (χ3n) is 3.51. The van der Waals surface area contributed by atoms with Crippen LogP contribution in [0.15, 0.2) is 18.5 Å². The lowest BCUT2D eigenvalue weighted by molar-refractivity contribution is -0.128. The molecule has 2 N–H and O–H groups in total. The van der Waals surface area contributed by atoms with Crippen LogP contribution in [-0.4, -0.2) is 46.9 Å². The van der Waals surface area contributed by atoms with Crippen LogP contribution in [0.3, 0.4) is 0 Å². The van der Waals surface area contributed by atoms with E-state index in [9.17, 15) is 14.7 Å². The van der Waals surface area contributed by atoms with E-state index in [1.165, 1.54) is 18.5 Å². The zero-order valence-electron chi connectivity index (χ0n) is 11.0. The molecule has 1 aromatic heterocycles. The summed E-state index contributed by atoms with van der Waals surface area (Å²) in [5.74, 6) is -0.313. The molecule has 1 unspecified atom stereocenters. The highest BCUT2D eigenvalue weighted by Gasteiger charge is 2.41. The third kappa shape index (κ3) is 2.52. The Labute approximate surface area is 111 Å². The molecule has 1 aliphatic heterocycles. The van der Waals surface area contributed by atoms with E-state index in [-0.39, 0.29) is 17.6 Å². The largest absolute Gasteiger partial charge is 0.506 e. The van der Waals surface area contributed by atoms with Gasteiger partial charge in [-0.1, -0.05) is 0 Å². The maximum absolute atomic E-state index is 12.2. The Morgan fingerprint density at radius 3 is 2.84 bits per heavy atom. The number of rotatable bonds is 2. The van der Waals surface area contributed by atoms with E-state index in [2.05, 4.69) is 10.3 Å². The van der Waals surface area contributed by atoms with E-state index in [0.717, 1.165) is 0 Å². The lowest BCUT2D eigenvalue weighted by Gasteiger charge is -2.22. The fraction of sp³-hybridized carbons (Fsp3) is 0.462. The molecule has 2 heterocycles. The molecule has 1 saturated heterocycles. The summed E-state index contributed by atoms with van der Waals surface area (Å²) < 4.78 is 0. The van der Waals surface area contributed by atoms with Crippen LogP contribution in [0.4, 0.5) is 0 Å². The summed E-state index contributed by atoms with van der Waals surface area (Å²) in [6.07, 6.45) is 3.32. The van der Waals surface area contributed by atoms with Crippen LogP contribution in [-0.2, 0) is 4.79 Å². The zero-order valence-corrected chi connectivity index (χ0v) is 11.0. The minimum absolute atomic E-state index is 0.0425. The quantitative estimate of drug-likeness (QED) is 0.808. The Kier molecular flexibility index (Phi) is 3.42. The van der Waals surface area contributed by atoms with Gasteiger partial charge in [0.15, 0.2) is 0 Å². The summed E-state index contributed by atoms with van der Waals surface area (Å²) in [5.41, 5.74) is -0.213. The molecule has 1 aliphatic rings. The van der Waals surface area contributed by atoms with E-state index in [1.807, 2.05) is 6.92 Å². The van der Waals surface area contributed by atoms with Crippen molar-refractivity contribution in [3.8, 4) is 5.75 Å². The Balaban J connectivity index is 2.13. The minimum atomic E-state index is -0.547. The number of carbonyl (C=O) groups is 2. The van der Waals surface area contributed by atoms with Gasteiger partial charge < -0.3 is 15.3 Å². The lowest BCUT2D eigenvalue weighted by atomic mass is 9.89. The van der Waals surface area contributed by atoms with Crippen LogP contribution in [0.1, 0.15) is 23.7 Å². The molecule has 1 aromatic rings. The van der Waals surface area contributed by atoms with E-state index < -0.39 is 5.41 Å².